The number of rotatable bonds is 7. The van der Waals surface area contributed by atoms with Gasteiger partial charge in [0.1, 0.15) is 12.4 Å². The Hall–Kier alpha value is -3.59. The van der Waals surface area contributed by atoms with Crippen molar-refractivity contribution in [1.82, 2.24) is 4.90 Å². The van der Waals surface area contributed by atoms with Gasteiger partial charge in [-0.1, -0.05) is 24.3 Å². The van der Waals surface area contributed by atoms with E-state index in [2.05, 4.69) is 4.72 Å². The Morgan fingerprint density at radius 1 is 1.03 bits per heavy atom. The molecule has 9 heteroatoms. The van der Waals surface area contributed by atoms with Gasteiger partial charge in [0.05, 0.1) is 17.9 Å². The zero-order valence-electron chi connectivity index (χ0n) is 17.9. The lowest BCUT2D eigenvalue weighted by Crippen LogP contribution is -2.42. The van der Waals surface area contributed by atoms with Gasteiger partial charge in [0.25, 0.3) is 10.0 Å². The van der Waals surface area contributed by atoms with E-state index >= 15 is 0 Å². The van der Waals surface area contributed by atoms with E-state index in [1.54, 1.807) is 36.2 Å². The first-order chi connectivity index (χ1) is 15.8. The molecular weight excluding hydrogens is 447 g/mol. The highest BCUT2D eigenvalue weighted by molar-refractivity contribution is 7.92. The average Bonchev–Trinajstić information content (AvgIpc) is 2.80. The zero-order valence-corrected chi connectivity index (χ0v) is 18.7. The Bertz CT molecular complexity index is 1230. The van der Waals surface area contributed by atoms with Gasteiger partial charge in [-0.05, 0) is 54.1 Å². The minimum atomic E-state index is -3.83. The van der Waals surface area contributed by atoms with Gasteiger partial charge in [0, 0.05) is 12.7 Å². The standard InChI is InChI=1S/C24H23FN2O5S/c1-27(15-20-16-31-22-4-2-3-5-23(22)32-20)24(28)14-17-6-10-19(11-7-17)26-33(29,30)21-12-8-18(25)9-13-21/h2-13,20,26H,14-16H2,1H3/t20-/m1/s1. The zero-order chi connectivity index (χ0) is 23.4. The second-order valence-corrected chi connectivity index (χ2v) is 9.39. The maximum Gasteiger partial charge on any atom is 0.261 e. The number of sulfonamides is 1. The maximum absolute atomic E-state index is 13.0. The molecule has 3 aromatic rings. The van der Waals surface area contributed by atoms with Crippen LogP contribution >= 0.6 is 0 Å². The van der Waals surface area contributed by atoms with Crippen LogP contribution < -0.4 is 14.2 Å². The van der Waals surface area contributed by atoms with E-state index in [0.29, 0.717) is 30.3 Å². The van der Waals surface area contributed by atoms with Crippen LogP contribution in [0.15, 0.2) is 77.7 Å². The van der Waals surface area contributed by atoms with E-state index in [1.807, 2.05) is 24.3 Å². The van der Waals surface area contributed by atoms with Crippen molar-refractivity contribution in [3.63, 3.8) is 0 Å². The number of amides is 1. The lowest BCUT2D eigenvalue weighted by Gasteiger charge is -2.29. The number of ether oxygens (including phenoxy) is 2. The number of halogens is 1. The van der Waals surface area contributed by atoms with Crippen LogP contribution in [0.25, 0.3) is 0 Å². The number of fused-ring (bicyclic) bond motifs is 1. The minimum Gasteiger partial charge on any atom is -0.486 e. The Balaban J connectivity index is 1.32. The maximum atomic E-state index is 13.0. The van der Waals surface area contributed by atoms with Gasteiger partial charge in [-0.2, -0.15) is 0 Å². The van der Waals surface area contributed by atoms with Crippen LogP contribution in [-0.4, -0.2) is 45.5 Å². The van der Waals surface area contributed by atoms with Crippen LogP contribution in [0.2, 0.25) is 0 Å². The Kier molecular flexibility index (Phi) is 6.50. The monoisotopic (exact) mass is 470 g/mol. The van der Waals surface area contributed by atoms with E-state index in [4.69, 9.17) is 9.47 Å². The van der Waals surface area contributed by atoms with Gasteiger partial charge in [-0.15, -0.1) is 0 Å². The molecule has 0 aromatic heterocycles. The number of hydrogen-bond acceptors (Lipinski definition) is 5. The van der Waals surface area contributed by atoms with Crippen molar-refractivity contribution < 1.29 is 27.1 Å². The molecular formula is C24H23FN2O5S. The summed E-state index contributed by atoms with van der Waals surface area (Å²) >= 11 is 0. The van der Waals surface area contributed by atoms with Crippen molar-refractivity contribution in [2.24, 2.45) is 0 Å². The van der Waals surface area contributed by atoms with E-state index in [9.17, 15) is 17.6 Å². The molecule has 0 spiro atoms. The molecule has 33 heavy (non-hydrogen) atoms. The number of hydrogen-bond donors (Lipinski definition) is 1. The fourth-order valence-corrected chi connectivity index (χ4v) is 4.45. The summed E-state index contributed by atoms with van der Waals surface area (Å²) in [5.74, 6) is 0.739. The molecule has 0 fully saturated rings. The molecule has 1 heterocycles. The van der Waals surface area contributed by atoms with Crippen LogP contribution in [0, 0.1) is 5.82 Å². The second-order valence-electron chi connectivity index (χ2n) is 7.70. The molecule has 3 aromatic carbocycles. The smallest absolute Gasteiger partial charge is 0.261 e. The predicted molar refractivity (Wildman–Crippen MR) is 121 cm³/mol. The Morgan fingerprint density at radius 3 is 2.39 bits per heavy atom. The van der Waals surface area contributed by atoms with E-state index < -0.39 is 15.8 Å². The first kappa shape index (κ1) is 22.6. The largest absolute Gasteiger partial charge is 0.486 e. The molecule has 0 saturated carbocycles. The molecule has 1 N–H and O–H groups in total. The van der Waals surface area contributed by atoms with Gasteiger partial charge >= 0.3 is 0 Å². The summed E-state index contributed by atoms with van der Waals surface area (Å²) in [7, 11) is -2.13. The average molecular weight is 471 g/mol. The van der Waals surface area contributed by atoms with Crippen molar-refractivity contribution in [2.75, 3.05) is 24.9 Å². The highest BCUT2D eigenvalue weighted by Crippen LogP contribution is 2.31. The van der Waals surface area contributed by atoms with E-state index in [-0.39, 0.29) is 23.3 Å². The molecule has 0 radical (unpaired) electrons. The number of carbonyl (C=O) groups is 1. The third-order valence-corrected chi connectivity index (χ3v) is 6.55. The van der Waals surface area contributed by atoms with Crippen LogP contribution in [0.3, 0.4) is 0 Å². The number of para-hydroxylation sites is 2. The van der Waals surface area contributed by atoms with E-state index in [0.717, 1.165) is 17.7 Å². The lowest BCUT2D eigenvalue weighted by atomic mass is 10.1. The van der Waals surface area contributed by atoms with Gasteiger partial charge in [0.15, 0.2) is 17.6 Å². The van der Waals surface area contributed by atoms with Gasteiger partial charge in [-0.3, -0.25) is 9.52 Å². The van der Waals surface area contributed by atoms with Crippen LogP contribution in [0.4, 0.5) is 10.1 Å². The first-order valence-corrected chi connectivity index (χ1v) is 11.8. The molecule has 0 aliphatic carbocycles. The molecule has 1 aliphatic rings. The third kappa shape index (κ3) is 5.61. The fraction of sp³-hybridized carbons (Fsp3) is 0.208. The summed E-state index contributed by atoms with van der Waals surface area (Å²) in [5.41, 5.74) is 1.08. The Morgan fingerprint density at radius 2 is 1.70 bits per heavy atom. The highest BCUT2D eigenvalue weighted by atomic mass is 32.2. The number of nitrogens with zero attached hydrogens (tertiary/aromatic N) is 1. The molecule has 7 nitrogen and oxygen atoms in total. The molecule has 1 aliphatic heterocycles. The quantitative estimate of drug-likeness (QED) is 0.572. The van der Waals surface area contributed by atoms with E-state index in [1.165, 1.54) is 12.1 Å². The summed E-state index contributed by atoms with van der Waals surface area (Å²) in [5, 5.41) is 0. The second kappa shape index (κ2) is 9.50. The minimum absolute atomic E-state index is 0.0405. The van der Waals surface area contributed by atoms with Crippen LogP contribution in [0.1, 0.15) is 5.56 Å². The molecule has 0 saturated heterocycles. The van der Waals surface area contributed by atoms with Gasteiger partial charge in [-0.25, -0.2) is 12.8 Å². The Labute approximate surface area is 191 Å². The molecule has 0 bridgehead atoms. The van der Waals surface area contributed by atoms with Crippen LogP contribution in [-0.2, 0) is 21.2 Å². The van der Waals surface area contributed by atoms with Crippen molar-refractivity contribution in [2.45, 2.75) is 17.4 Å². The number of likely N-dealkylation sites (N-methyl/N-ethyl adjacent to an activating group) is 1. The van der Waals surface area contributed by atoms with Crippen LogP contribution in [0.5, 0.6) is 11.5 Å². The summed E-state index contributed by atoms with van der Waals surface area (Å²) in [6.45, 7) is 0.736. The number of carbonyl (C=O) groups excluding carboxylic acids is 1. The third-order valence-electron chi connectivity index (χ3n) is 5.16. The SMILES string of the molecule is CN(C[C@@H]1COc2ccccc2O1)C(=O)Cc1ccc(NS(=O)(=O)c2ccc(F)cc2)cc1. The van der Waals surface area contributed by atoms with Gasteiger partial charge < -0.3 is 14.4 Å². The molecule has 0 unspecified atom stereocenters. The molecule has 4 rings (SSSR count). The van der Waals surface area contributed by atoms with Crippen molar-refractivity contribution in [1.29, 1.82) is 0 Å². The normalized spacial score (nSPS) is 15.0. The molecule has 1 atom stereocenters. The van der Waals surface area contributed by atoms with Crippen molar-refractivity contribution in [3.05, 3.63) is 84.2 Å². The fourth-order valence-electron chi connectivity index (χ4n) is 3.39. The molecule has 1 amide bonds. The summed E-state index contributed by atoms with van der Waals surface area (Å²) in [6, 6.07) is 18.5. The number of nitrogens with one attached hydrogen (secondary N) is 1. The number of benzene rings is 3. The molecule has 172 valence electrons. The van der Waals surface area contributed by atoms with Gasteiger partial charge in [0.2, 0.25) is 5.91 Å². The number of anilines is 1. The predicted octanol–water partition coefficient (Wildman–Crippen LogP) is 3.47. The topological polar surface area (TPSA) is 84.9 Å². The van der Waals surface area contributed by atoms with Crippen molar-refractivity contribution >= 4 is 21.6 Å². The summed E-state index contributed by atoms with van der Waals surface area (Å²) in [4.78, 5) is 14.2. The first-order valence-electron chi connectivity index (χ1n) is 10.3. The lowest BCUT2D eigenvalue weighted by molar-refractivity contribution is -0.130. The summed E-state index contributed by atoms with van der Waals surface area (Å²) in [6.07, 6.45) is -0.108. The highest BCUT2D eigenvalue weighted by Gasteiger charge is 2.23. The van der Waals surface area contributed by atoms with Crippen molar-refractivity contribution in [3.8, 4) is 11.5 Å². The summed E-state index contributed by atoms with van der Waals surface area (Å²) < 4.78 is 51.9.